The number of likely N-dealkylation sites (N-methyl/N-ethyl adjacent to an activating group) is 1. The number of amides is 1. The van der Waals surface area contributed by atoms with Crippen molar-refractivity contribution < 1.29 is 32.9 Å². The second kappa shape index (κ2) is 51.1. The molecule has 0 bridgehead atoms. The monoisotopic (exact) mass is 990 g/mol. The van der Waals surface area contributed by atoms with Gasteiger partial charge in [0.15, 0.2) is 0 Å². The third kappa shape index (κ3) is 53.8. The third-order valence-electron chi connectivity index (χ3n) is 12.9. The van der Waals surface area contributed by atoms with E-state index in [-0.39, 0.29) is 19.1 Å². The van der Waals surface area contributed by atoms with Crippen molar-refractivity contribution in [2.45, 2.75) is 276 Å². The molecule has 3 atom stereocenters. The fraction of sp³-hybridized carbons (Fsp3) is 0.817. The summed E-state index contributed by atoms with van der Waals surface area (Å²) < 4.78 is 23.7. The van der Waals surface area contributed by atoms with E-state index in [2.05, 4.69) is 67.8 Å². The third-order valence-corrected chi connectivity index (χ3v) is 13.9. The highest BCUT2D eigenvalue weighted by Gasteiger charge is 2.27. The van der Waals surface area contributed by atoms with E-state index in [0.29, 0.717) is 17.4 Å². The summed E-state index contributed by atoms with van der Waals surface area (Å²) in [5.74, 6) is -0.198. The van der Waals surface area contributed by atoms with Crippen molar-refractivity contribution in [3.8, 4) is 0 Å². The minimum absolute atomic E-state index is 0.0501. The zero-order chi connectivity index (χ0) is 50.6. The molecule has 0 saturated carbocycles. The molecule has 404 valence electrons. The molecule has 0 rings (SSSR count). The van der Waals surface area contributed by atoms with Crippen LogP contribution in [0.1, 0.15) is 264 Å². The lowest BCUT2D eigenvalue weighted by molar-refractivity contribution is -0.870. The van der Waals surface area contributed by atoms with E-state index in [4.69, 9.17) is 9.05 Å². The molecule has 0 spiro atoms. The van der Waals surface area contributed by atoms with Crippen LogP contribution in [0.15, 0.2) is 60.8 Å². The van der Waals surface area contributed by atoms with Crippen LogP contribution in [-0.2, 0) is 18.4 Å². The Hall–Kier alpha value is -1.80. The molecule has 69 heavy (non-hydrogen) atoms. The predicted octanol–water partition coefficient (Wildman–Crippen LogP) is 17.7. The molecule has 0 aromatic carbocycles. The zero-order valence-corrected chi connectivity index (χ0v) is 46.9. The Morgan fingerprint density at radius 2 is 0.841 bits per heavy atom. The van der Waals surface area contributed by atoms with Gasteiger partial charge in [-0.2, -0.15) is 0 Å². The first-order valence-corrected chi connectivity index (χ1v) is 30.7. The normalized spacial score (nSPS) is 14.4. The predicted molar refractivity (Wildman–Crippen MR) is 300 cm³/mol. The summed E-state index contributed by atoms with van der Waals surface area (Å²) in [7, 11) is 1.54. The molecule has 1 amide bonds. The number of aliphatic hydroxyl groups excluding tert-OH is 1. The molecule has 0 aromatic heterocycles. The lowest BCUT2D eigenvalue weighted by Crippen LogP contribution is -2.45. The van der Waals surface area contributed by atoms with E-state index in [9.17, 15) is 19.4 Å². The standard InChI is InChI=1S/C60H113N2O6P/c1-6-8-10-12-14-16-18-20-22-24-26-28-30-32-33-35-37-39-41-43-45-47-49-51-53-59(63)58(57-68-69(65,66)67-56-55-62(3,4)5)61-60(64)54-52-50-48-46-44-42-40-38-36-34-31-29-27-25-23-21-19-17-15-13-11-9-7-2/h27,29,34-37,43,45,51,53,58-59,63H,6-26,28,30-33,38-42,44,46-50,52,54-57H2,1-5H3,(H-,61,64,65,66)/p+1/b29-27-,36-34-,37-35+,45-43+,53-51+. The van der Waals surface area contributed by atoms with Crippen molar-refractivity contribution in [2.75, 3.05) is 40.9 Å². The van der Waals surface area contributed by atoms with Gasteiger partial charge in [0.2, 0.25) is 5.91 Å². The number of unbranched alkanes of at least 4 members (excludes halogenated alkanes) is 32. The number of hydrogen-bond acceptors (Lipinski definition) is 5. The van der Waals surface area contributed by atoms with Crippen molar-refractivity contribution >= 4 is 13.7 Å². The lowest BCUT2D eigenvalue weighted by atomic mass is 10.0. The van der Waals surface area contributed by atoms with E-state index >= 15 is 0 Å². The van der Waals surface area contributed by atoms with Gasteiger partial charge in [-0.05, 0) is 77.0 Å². The molecule has 3 N–H and O–H groups in total. The van der Waals surface area contributed by atoms with Crippen LogP contribution in [0.4, 0.5) is 0 Å². The molecule has 0 fully saturated rings. The van der Waals surface area contributed by atoms with E-state index in [1.54, 1.807) is 6.08 Å². The number of rotatable bonds is 53. The van der Waals surface area contributed by atoms with Crippen LogP contribution in [0.2, 0.25) is 0 Å². The number of hydrogen-bond donors (Lipinski definition) is 3. The van der Waals surface area contributed by atoms with Gasteiger partial charge in [0, 0.05) is 6.42 Å². The zero-order valence-electron chi connectivity index (χ0n) is 46.0. The van der Waals surface area contributed by atoms with Crippen LogP contribution < -0.4 is 5.32 Å². The van der Waals surface area contributed by atoms with Gasteiger partial charge in [-0.3, -0.25) is 13.8 Å². The quantitative estimate of drug-likeness (QED) is 0.0243. The summed E-state index contributed by atoms with van der Waals surface area (Å²) >= 11 is 0. The lowest BCUT2D eigenvalue weighted by Gasteiger charge is -2.25. The average Bonchev–Trinajstić information content (AvgIpc) is 3.31. The maximum absolute atomic E-state index is 13.0. The molecule has 0 aliphatic heterocycles. The molecule has 0 saturated heterocycles. The van der Waals surface area contributed by atoms with Gasteiger partial charge in [0.05, 0.1) is 39.9 Å². The van der Waals surface area contributed by atoms with Gasteiger partial charge in [-0.15, -0.1) is 0 Å². The number of carbonyl (C=O) groups excluding carboxylic acids is 1. The Balaban J connectivity index is 4.32. The number of quaternary nitrogens is 1. The first-order chi connectivity index (χ1) is 33.5. The number of phosphoric ester groups is 1. The van der Waals surface area contributed by atoms with Crippen LogP contribution >= 0.6 is 7.82 Å². The molecule has 3 unspecified atom stereocenters. The Kier molecular flexibility index (Phi) is 49.8. The smallest absolute Gasteiger partial charge is 0.387 e. The Morgan fingerprint density at radius 3 is 1.25 bits per heavy atom. The molecule has 0 aliphatic carbocycles. The van der Waals surface area contributed by atoms with E-state index in [1.165, 1.54) is 186 Å². The van der Waals surface area contributed by atoms with Crippen molar-refractivity contribution in [1.29, 1.82) is 0 Å². The SMILES string of the molecule is CCCCCCCCCCC/C=C\C/C=C\CCCCCCCCCC(=O)NC(COP(=O)(O)OCC[N+](C)(C)C)C(O)/C=C/CC/C=C/CC/C=C/CCCCCCCCCCCCCCCC. The summed E-state index contributed by atoms with van der Waals surface area (Å²) in [6, 6.07) is -0.877. The largest absolute Gasteiger partial charge is 0.472 e. The fourth-order valence-electron chi connectivity index (χ4n) is 8.34. The number of carbonyl (C=O) groups is 1. The highest BCUT2D eigenvalue weighted by atomic mass is 31.2. The van der Waals surface area contributed by atoms with Crippen molar-refractivity contribution in [3.05, 3.63) is 60.8 Å². The maximum atomic E-state index is 13.0. The Bertz CT molecular complexity index is 1310. The Labute approximate surface area is 428 Å². The van der Waals surface area contributed by atoms with Gasteiger partial charge in [-0.25, -0.2) is 4.57 Å². The van der Waals surface area contributed by atoms with Crippen LogP contribution in [0.3, 0.4) is 0 Å². The van der Waals surface area contributed by atoms with Gasteiger partial charge < -0.3 is 19.8 Å². The topological polar surface area (TPSA) is 105 Å². The number of phosphoric acid groups is 1. The van der Waals surface area contributed by atoms with Crippen LogP contribution in [0.5, 0.6) is 0 Å². The average molecular weight is 991 g/mol. The summed E-state index contributed by atoms with van der Waals surface area (Å²) in [4.78, 5) is 23.3. The number of nitrogens with one attached hydrogen (secondary N) is 1. The minimum Gasteiger partial charge on any atom is -0.387 e. The minimum atomic E-state index is -4.36. The number of allylic oxidation sites excluding steroid dienone is 9. The summed E-state index contributed by atoms with van der Waals surface area (Å²) in [6.45, 7) is 4.80. The van der Waals surface area contributed by atoms with Crippen molar-refractivity contribution in [2.24, 2.45) is 0 Å². The van der Waals surface area contributed by atoms with E-state index in [1.807, 2.05) is 27.2 Å². The molecule has 8 nitrogen and oxygen atoms in total. The second-order valence-corrected chi connectivity index (χ2v) is 22.4. The Morgan fingerprint density at radius 1 is 0.493 bits per heavy atom. The van der Waals surface area contributed by atoms with Crippen LogP contribution in [-0.4, -0.2) is 73.4 Å². The number of nitrogens with zero attached hydrogens (tertiary/aromatic N) is 1. The van der Waals surface area contributed by atoms with E-state index in [0.717, 1.165) is 57.8 Å². The highest BCUT2D eigenvalue weighted by Crippen LogP contribution is 2.43. The van der Waals surface area contributed by atoms with Crippen LogP contribution in [0.25, 0.3) is 0 Å². The number of aliphatic hydroxyl groups is 1. The molecular weight excluding hydrogens is 876 g/mol. The fourth-order valence-corrected chi connectivity index (χ4v) is 9.08. The van der Waals surface area contributed by atoms with Gasteiger partial charge in [-0.1, -0.05) is 242 Å². The molecule has 0 aliphatic rings. The molecule has 9 heteroatoms. The summed E-state index contributed by atoms with van der Waals surface area (Å²) in [5.41, 5.74) is 0. The van der Waals surface area contributed by atoms with Gasteiger partial charge >= 0.3 is 7.82 Å². The second-order valence-electron chi connectivity index (χ2n) is 21.0. The summed E-state index contributed by atoms with van der Waals surface area (Å²) in [5, 5.41) is 13.9. The van der Waals surface area contributed by atoms with Crippen LogP contribution in [0, 0.1) is 0 Å². The van der Waals surface area contributed by atoms with Crippen molar-refractivity contribution in [1.82, 2.24) is 5.32 Å². The molecule has 0 aromatic rings. The van der Waals surface area contributed by atoms with Crippen molar-refractivity contribution in [3.63, 3.8) is 0 Å². The highest BCUT2D eigenvalue weighted by molar-refractivity contribution is 7.47. The van der Waals surface area contributed by atoms with Gasteiger partial charge in [0.1, 0.15) is 13.2 Å². The molecule has 0 radical (unpaired) electrons. The molecule has 0 heterocycles. The maximum Gasteiger partial charge on any atom is 0.472 e. The first kappa shape index (κ1) is 67.2. The van der Waals surface area contributed by atoms with Gasteiger partial charge in [0.25, 0.3) is 0 Å². The summed E-state index contributed by atoms with van der Waals surface area (Å²) in [6.07, 6.45) is 69.0. The first-order valence-electron chi connectivity index (χ1n) is 29.2. The molecular formula is C60H114N2O6P+. The van der Waals surface area contributed by atoms with E-state index < -0.39 is 20.0 Å².